The summed E-state index contributed by atoms with van der Waals surface area (Å²) in [5.41, 5.74) is 7.32. The van der Waals surface area contributed by atoms with Crippen molar-refractivity contribution in [3.8, 4) is 0 Å². The van der Waals surface area contributed by atoms with E-state index in [-0.39, 0.29) is 18.5 Å². The van der Waals surface area contributed by atoms with Crippen LogP contribution >= 0.6 is 0 Å². The van der Waals surface area contributed by atoms with Gasteiger partial charge in [0.25, 0.3) is 0 Å². The van der Waals surface area contributed by atoms with Gasteiger partial charge < -0.3 is 11.1 Å². The Balaban J connectivity index is 2.55. The molecule has 0 aliphatic carbocycles. The largest absolute Gasteiger partial charge is 0.351 e. The van der Waals surface area contributed by atoms with Gasteiger partial charge in [0, 0.05) is 18.3 Å². The first-order chi connectivity index (χ1) is 7.02. The third-order valence-corrected chi connectivity index (χ3v) is 2.16. The topological polar surface area (TPSA) is 72.9 Å². The number of amides is 1. The van der Waals surface area contributed by atoms with E-state index in [1.807, 2.05) is 26.8 Å². The van der Waals surface area contributed by atoms with Crippen molar-refractivity contribution >= 4 is 5.91 Å². The highest BCUT2D eigenvalue weighted by Crippen LogP contribution is 2.00. The number of aryl methyl sites for hydroxylation is 2. The Hall–Kier alpha value is -1.36. The lowest BCUT2D eigenvalue weighted by Crippen LogP contribution is -2.39. The predicted octanol–water partition coefficient (Wildman–Crippen LogP) is -0.0367. The zero-order valence-corrected chi connectivity index (χ0v) is 9.45. The van der Waals surface area contributed by atoms with Gasteiger partial charge >= 0.3 is 0 Å². The summed E-state index contributed by atoms with van der Waals surface area (Å²) in [6.07, 6.45) is 0. The minimum absolute atomic E-state index is 0.00876. The summed E-state index contributed by atoms with van der Waals surface area (Å²) in [7, 11) is 0. The van der Waals surface area contributed by atoms with Crippen molar-refractivity contribution in [3.05, 3.63) is 17.5 Å². The van der Waals surface area contributed by atoms with Crippen LogP contribution in [-0.4, -0.2) is 28.3 Å². The maximum Gasteiger partial charge on any atom is 0.241 e. The van der Waals surface area contributed by atoms with Gasteiger partial charge in [0.05, 0.1) is 5.69 Å². The fourth-order valence-electron chi connectivity index (χ4n) is 1.35. The zero-order chi connectivity index (χ0) is 11.4. The van der Waals surface area contributed by atoms with Crippen molar-refractivity contribution in [1.82, 2.24) is 15.1 Å². The lowest BCUT2D eigenvalue weighted by Gasteiger charge is -2.11. The molecule has 1 aromatic rings. The van der Waals surface area contributed by atoms with E-state index in [4.69, 9.17) is 5.73 Å². The van der Waals surface area contributed by atoms with Gasteiger partial charge in [-0.2, -0.15) is 5.10 Å². The molecule has 84 valence electrons. The molecule has 1 amide bonds. The second kappa shape index (κ2) is 4.93. The molecule has 1 aromatic heterocycles. The maximum absolute atomic E-state index is 11.5. The predicted molar refractivity (Wildman–Crippen MR) is 58.4 cm³/mol. The monoisotopic (exact) mass is 210 g/mol. The number of hydrogen-bond acceptors (Lipinski definition) is 3. The average molecular weight is 210 g/mol. The first-order valence-corrected chi connectivity index (χ1v) is 5.03. The molecule has 0 bridgehead atoms. The molecule has 0 saturated carbocycles. The van der Waals surface area contributed by atoms with Crippen LogP contribution in [0.2, 0.25) is 0 Å². The van der Waals surface area contributed by atoms with Crippen LogP contribution in [-0.2, 0) is 11.3 Å². The Morgan fingerprint density at radius 2 is 2.33 bits per heavy atom. The number of aromatic nitrogens is 2. The number of hydrogen-bond donors (Lipinski definition) is 2. The Morgan fingerprint density at radius 3 is 2.80 bits per heavy atom. The molecular weight excluding hydrogens is 192 g/mol. The van der Waals surface area contributed by atoms with Crippen molar-refractivity contribution in [2.45, 2.75) is 33.4 Å². The highest BCUT2D eigenvalue weighted by molar-refractivity contribution is 5.76. The van der Waals surface area contributed by atoms with Gasteiger partial charge in [-0.05, 0) is 26.8 Å². The van der Waals surface area contributed by atoms with Crippen molar-refractivity contribution < 1.29 is 4.79 Å². The van der Waals surface area contributed by atoms with Crippen LogP contribution in [0, 0.1) is 13.8 Å². The van der Waals surface area contributed by atoms with Crippen LogP contribution in [0.1, 0.15) is 18.3 Å². The van der Waals surface area contributed by atoms with Crippen LogP contribution < -0.4 is 11.1 Å². The molecule has 15 heavy (non-hydrogen) atoms. The first-order valence-electron chi connectivity index (χ1n) is 5.03. The van der Waals surface area contributed by atoms with Crippen LogP contribution in [0.15, 0.2) is 6.07 Å². The van der Waals surface area contributed by atoms with Crippen LogP contribution in [0.3, 0.4) is 0 Å². The molecule has 5 nitrogen and oxygen atoms in total. The molecule has 0 aromatic carbocycles. The fourth-order valence-corrected chi connectivity index (χ4v) is 1.35. The third-order valence-electron chi connectivity index (χ3n) is 2.16. The van der Waals surface area contributed by atoms with E-state index < -0.39 is 0 Å². The van der Waals surface area contributed by atoms with E-state index in [0.29, 0.717) is 6.54 Å². The lowest BCUT2D eigenvalue weighted by molar-refractivity contribution is -0.122. The van der Waals surface area contributed by atoms with Crippen LogP contribution in [0.25, 0.3) is 0 Å². The Kier molecular flexibility index (Phi) is 3.85. The van der Waals surface area contributed by atoms with Gasteiger partial charge in [0.2, 0.25) is 5.91 Å². The van der Waals surface area contributed by atoms with Crippen LogP contribution in [0.4, 0.5) is 0 Å². The van der Waals surface area contributed by atoms with Crippen LogP contribution in [0.5, 0.6) is 0 Å². The summed E-state index contributed by atoms with van der Waals surface area (Å²) in [6.45, 7) is 6.41. The van der Waals surface area contributed by atoms with Crippen molar-refractivity contribution in [3.63, 3.8) is 0 Å². The molecule has 5 heteroatoms. The van der Waals surface area contributed by atoms with E-state index in [0.717, 1.165) is 11.4 Å². The molecule has 0 spiro atoms. The molecule has 0 fully saturated rings. The Labute approximate surface area is 89.6 Å². The third kappa shape index (κ3) is 3.36. The molecule has 1 rings (SSSR count). The molecule has 0 saturated heterocycles. The number of nitrogens with two attached hydrogens (primary N) is 1. The maximum atomic E-state index is 11.5. The normalized spacial score (nSPS) is 12.5. The van der Waals surface area contributed by atoms with E-state index in [9.17, 15) is 4.79 Å². The van der Waals surface area contributed by atoms with E-state index in [2.05, 4.69) is 10.4 Å². The summed E-state index contributed by atoms with van der Waals surface area (Å²) in [4.78, 5) is 11.5. The number of carbonyl (C=O) groups is 1. The van der Waals surface area contributed by atoms with E-state index in [1.165, 1.54) is 0 Å². The first kappa shape index (κ1) is 11.7. The lowest BCUT2D eigenvalue weighted by atomic mass is 10.3. The molecular formula is C10H18N4O. The summed E-state index contributed by atoms with van der Waals surface area (Å²) in [6, 6.07) is 1.95. The number of rotatable bonds is 4. The van der Waals surface area contributed by atoms with Gasteiger partial charge in [-0.1, -0.05) is 0 Å². The standard InChI is InChI=1S/C10H18N4O/c1-7-4-9(3)14(13-7)6-10(15)12-8(2)5-11/h4,8H,5-6,11H2,1-3H3,(H,12,15)/t8-/m0/s1. The van der Waals surface area contributed by atoms with E-state index in [1.54, 1.807) is 4.68 Å². The van der Waals surface area contributed by atoms with Gasteiger partial charge in [0.1, 0.15) is 6.54 Å². The number of nitrogens with zero attached hydrogens (tertiary/aromatic N) is 2. The molecule has 0 aliphatic heterocycles. The minimum atomic E-state index is -0.0563. The highest BCUT2D eigenvalue weighted by atomic mass is 16.2. The summed E-state index contributed by atoms with van der Waals surface area (Å²) < 4.78 is 1.69. The van der Waals surface area contributed by atoms with E-state index >= 15 is 0 Å². The smallest absolute Gasteiger partial charge is 0.241 e. The van der Waals surface area contributed by atoms with Crippen molar-refractivity contribution in [1.29, 1.82) is 0 Å². The van der Waals surface area contributed by atoms with Gasteiger partial charge in [0.15, 0.2) is 0 Å². The highest BCUT2D eigenvalue weighted by Gasteiger charge is 2.08. The fraction of sp³-hybridized carbons (Fsp3) is 0.600. The second-order valence-electron chi connectivity index (χ2n) is 3.79. The molecule has 1 heterocycles. The summed E-state index contributed by atoms with van der Waals surface area (Å²) in [5.74, 6) is -0.0563. The molecule has 3 N–H and O–H groups in total. The molecule has 0 radical (unpaired) electrons. The Bertz CT molecular complexity index is 345. The number of nitrogens with one attached hydrogen (secondary N) is 1. The minimum Gasteiger partial charge on any atom is -0.351 e. The Morgan fingerprint density at radius 1 is 1.67 bits per heavy atom. The van der Waals surface area contributed by atoms with Crippen molar-refractivity contribution in [2.75, 3.05) is 6.54 Å². The quantitative estimate of drug-likeness (QED) is 0.732. The SMILES string of the molecule is Cc1cc(C)n(CC(=O)N[C@@H](C)CN)n1. The van der Waals surface area contributed by atoms with Gasteiger partial charge in [-0.3, -0.25) is 9.48 Å². The second-order valence-corrected chi connectivity index (χ2v) is 3.79. The molecule has 0 aliphatic rings. The number of carbonyl (C=O) groups excluding carboxylic acids is 1. The van der Waals surface area contributed by atoms with Gasteiger partial charge in [-0.25, -0.2) is 0 Å². The summed E-state index contributed by atoms with van der Waals surface area (Å²) >= 11 is 0. The zero-order valence-electron chi connectivity index (χ0n) is 9.45. The van der Waals surface area contributed by atoms with Crippen molar-refractivity contribution in [2.24, 2.45) is 5.73 Å². The van der Waals surface area contributed by atoms with Gasteiger partial charge in [-0.15, -0.1) is 0 Å². The molecule has 1 atom stereocenters. The molecule has 0 unspecified atom stereocenters. The summed E-state index contributed by atoms with van der Waals surface area (Å²) in [5, 5.41) is 7.00. The average Bonchev–Trinajstić information content (AvgIpc) is 2.44.